The monoisotopic (exact) mass is 221 g/mol. The van der Waals surface area contributed by atoms with Crippen LogP contribution in [0.1, 0.15) is 12.7 Å². The number of ether oxygens (including phenoxy) is 1. The van der Waals surface area contributed by atoms with Crippen molar-refractivity contribution >= 4 is 16.7 Å². The molecular weight excluding hydrogens is 210 g/mol. The van der Waals surface area contributed by atoms with Crippen LogP contribution < -0.4 is 4.74 Å². The Morgan fingerprint density at radius 2 is 2.31 bits per heavy atom. The van der Waals surface area contributed by atoms with E-state index < -0.39 is 4.92 Å². The van der Waals surface area contributed by atoms with Crippen LogP contribution >= 0.6 is 0 Å². The van der Waals surface area contributed by atoms with Crippen molar-refractivity contribution in [2.24, 2.45) is 0 Å². The molecule has 1 N–H and O–H groups in total. The van der Waals surface area contributed by atoms with E-state index in [1.807, 2.05) is 6.92 Å². The number of H-pyrrole nitrogens is 1. The Bertz CT molecular complexity index is 547. The van der Waals surface area contributed by atoms with Crippen molar-refractivity contribution in [3.63, 3.8) is 0 Å². The number of benzene rings is 1. The molecule has 0 saturated heterocycles. The second-order valence-corrected chi connectivity index (χ2v) is 3.30. The second kappa shape index (κ2) is 3.80. The number of nitro benzene ring substituents is 1. The molecule has 1 heterocycles. The first-order valence-electron chi connectivity index (χ1n) is 4.87. The highest BCUT2D eigenvalue weighted by molar-refractivity contribution is 5.88. The number of nitrogens with zero attached hydrogens (tertiary/aromatic N) is 2. The first-order valence-corrected chi connectivity index (χ1v) is 4.87. The summed E-state index contributed by atoms with van der Waals surface area (Å²) in [4.78, 5) is 17.7. The molecule has 2 rings (SSSR count). The number of methoxy groups -OCH3 is 1. The molecule has 84 valence electrons. The van der Waals surface area contributed by atoms with Gasteiger partial charge in [-0.1, -0.05) is 6.92 Å². The van der Waals surface area contributed by atoms with Crippen LogP contribution in [0.3, 0.4) is 0 Å². The van der Waals surface area contributed by atoms with Crippen molar-refractivity contribution < 1.29 is 9.66 Å². The molecule has 0 saturated carbocycles. The minimum absolute atomic E-state index is 0.0628. The van der Waals surface area contributed by atoms with Crippen LogP contribution in [0.15, 0.2) is 12.1 Å². The predicted molar refractivity (Wildman–Crippen MR) is 58.7 cm³/mol. The van der Waals surface area contributed by atoms with E-state index in [1.54, 1.807) is 12.1 Å². The number of imidazole rings is 1. The maximum absolute atomic E-state index is 11.0. The summed E-state index contributed by atoms with van der Waals surface area (Å²) in [5, 5.41) is 11.0. The minimum Gasteiger partial charge on any atom is -0.490 e. The number of fused-ring (bicyclic) bond motifs is 1. The van der Waals surface area contributed by atoms with Crippen molar-refractivity contribution in [2.45, 2.75) is 13.3 Å². The summed E-state index contributed by atoms with van der Waals surface area (Å²) in [5.41, 5.74) is 0.942. The lowest BCUT2D eigenvalue weighted by molar-refractivity contribution is -0.384. The topological polar surface area (TPSA) is 81.1 Å². The average molecular weight is 221 g/mol. The van der Waals surface area contributed by atoms with Gasteiger partial charge in [0.05, 0.1) is 17.5 Å². The zero-order valence-corrected chi connectivity index (χ0v) is 8.98. The third-order valence-corrected chi connectivity index (χ3v) is 2.38. The normalized spacial score (nSPS) is 10.6. The van der Waals surface area contributed by atoms with Crippen molar-refractivity contribution in [2.75, 3.05) is 7.11 Å². The third kappa shape index (κ3) is 1.48. The minimum atomic E-state index is -0.460. The molecule has 0 aliphatic heterocycles. The molecule has 0 aliphatic carbocycles. The Morgan fingerprint density at radius 1 is 1.56 bits per heavy atom. The SMILES string of the molecule is CCc1nc2ccc(OC)c([N+](=O)[O-])c2[nH]1. The molecule has 1 aromatic heterocycles. The second-order valence-electron chi connectivity index (χ2n) is 3.30. The van der Waals surface area contributed by atoms with Gasteiger partial charge in [-0.25, -0.2) is 4.98 Å². The van der Waals surface area contributed by atoms with E-state index in [1.165, 1.54) is 7.11 Å². The largest absolute Gasteiger partial charge is 0.490 e. The number of aryl methyl sites for hydroxylation is 1. The van der Waals surface area contributed by atoms with E-state index in [2.05, 4.69) is 9.97 Å². The summed E-state index contributed by atoms with van der Waals surface area (Å²) in [7, 11) is 1.41. The van der Waals surface area contributed by atoms with E-state index in [9.17, 15) is 10.1 Å². The Morgan fingerprint density at radius 3 is 2.88 bits per heavy atom. The highest BCUT2D eigenvalue weighted by Gasteiger charge is 2.21. The van der Waals surface area contributed by atoms with Crippen LogP contribution in [-0.2, 0) is 6.42 Å². The van der Waals surface area contributed by atoms with Gasteiger partial charge in [-0.3, -0.25) is 10.1 Å². The van der Waals surface area contributed by atoms with Crippen molar-refractivity contribution in [1.29, 1.82) is 0 Å². The maximum Gasteiger partial charge on any atom is 0.336 e. The van der Waals surface area contributed by atoms with Gasteiger partial charge in [-0.2, -0.15) is 0 Å². The molecule has 0 atom stereocenters. The number of aromatic amines is 1. The molecule has 2 aromatic rings. The molecule has 0 fully saturated rings. The van der Waals surface area contributed by atoms with E-state index in [0.717, 1.165) is 5.82 Å². The highest BCUT2D eigenvalue weighted by Crippen LogP contribution is 2.33. The summed E-state index contributed by atoms with van der Waals surface area (Å²) >= 11 is 0. The number of hydrogen-bond donors (Lipinski definition) is 1. The molecular formula is C10H11N3O3. The molecule has 0 radical (unpaired) electrons. The lowest BCUT2D eigenvalue weighted by atomic mass is 10.2. The van der Waals surface area contributed by atoms with Crippen LogP contribution in [0.5, 0.6) is 5.75 Å². The van der Waals surface area contributed by atoms with E-state index in [4.69, 9.17) is 4.74 Å². The van der Waals surface area contributed by atoms with Gasteiger partial charge in [0.25, 0.3) is 0 Å². The summed E-state index contributed by atoms with van der Waals surface area (Å²) in [6, 6.07) is 3.26. The van der Waals surface area contributed by atoms with Crippen molar-refractivity contribution in [3.8, 4) is 5.75 Å². The predicted octanol–water partition coefficient (Wildman–Crippen LogP) is 2.04. The van der Waals surface area contributed by atoms with Gasteiger partial charge in [0.1, 0.15) is 11.3 Å². The number of aromatic nitrogens is 2. The summed E-state index contributed by atoms with van der Waals surface area (Å²) in [6.45, 7) is 1.93. The van der Waals surface area contributed by atoms with E-state index in [0.29, 0.717) is 17.5 Å². The van der Waals surface area contributed by atoms with Crippen molar-refractivity contribution in [3.05, 3.63) is 28.1 Å². The first-order chi connectivity index (χ1) is 7.67. The van der Waals surface area contributed by atoms with Crippen LogP contribution in [-0.4, -0.2) is 22.0 Å². The molecule has 16 heavy (non-hydrogen) atoms. The lowest BCUT2D eigenvalue weighted by Crippen LogP contribution is -1.94. The third-order valence-electron chi connectivity index (χ3n) is 2.38. The van der Waals surface area contributed by atoms with Crippen molar-refractivity contribution in [1.82, 2.24) is 9.97 Å². The highest BCUT2D eigenvalue weighted by atomic mass is 16.6. The van der Waals surface area contributed by atoms with Gasteiger partial charge < -0.3 is 9.72 Å². The molecule has 0 bridgehead atoms. The fourth-order valence-corrected chi connectivity index (χ4v) is 1.61. The van der Waals surface area contributed by atoms with Crippen LogP contribution in [0, 0.1) is 10.1 Å². The van der Waals surface area contributed by atoms with Crippen LogP contribution in [0.2, 0.25) is 0 Å². The quantitative estimate of drug-likeness (QED) is 0.635. The average Bonchev–Trinajstić information content (AvgIpc) is 2.69. The maximum atomic E-state index is 11.0. The molecule has 6 nitrogen and oxygen atoms in total. The van der Waals surface area contributed by atoms with Gasteiger partial charge in [0, 0.05) is 6.42 Å². The van der Waals surface area contributed by atoms with Gasteiger partial charge >= 0.3 is 5.69 Å². The number of rotatable bonds is 3. The molecule has 0 aliphatic rings. The fraction of sp³-hybridized carbons (Fsp3) is 0.300. The standard InChI is InChI=1S/C10H11N3O3/c1-3-8-11-6-4-5-7(16-2)10(13(14)15)9(6)12-8/h4-5H,3H2,1-2H3,(H,11,12). The van der Waals surface area contributed by atoms with Gasteiger partial charge in [0.15, 0.2) is 5.75 Å². The van der Waals surface area contributed by atoms with E-state index >= 15 is 0 Å². The number of hydrogen-bond acceptors (Lipinski definition) is 4. The Hall–Kier alpha value is -2.11. The zero-order valence-electron chi connectivity index (χ0n) is 8.98. The van der Waals surface area contributed by atoms with Gasteiger partial charge in [-0.05, 0) is 12.1 Å². The molecule has 0 spiro atoms. The molecule has 0 amide bonds. The molecule has 1 aromatic carbocycles. The summed E-state index contributed by atoms with van der Waals surface area (Å²) < 4.78 is 4.97. The smallest absolute Gasteiger partial charge is 0.336 e. The summed E-state index contributed by atoms with van der Waals surface area (Å²) in [5.74, 6) is 0.968. The van der Waals surface area contributed by atoms with Gasteiger partial charge in [0.2, 0.25) is 0 Å². The van der Waals surface area contributed by atoms with E-state index in [-0.39, 0.29) is 11.4 Å². The van der Waals surface area contributed by atoms with Crippen LogP contribution in [0.4, 0.5) is 5.69 Å². The first kappa shape index (κ1) is 10.4. The van der Waals surface area contributed by atoms with Crippen LogP contribution in [0.25, 0.3) is 11.0 Å². The Labute approximate surface area is 91.4 Å². The Balaban J connectivity index is 2.77. The molecule has 0 unspecified atom stereocenters. The zero-order chi connectivity index (χ0) is 11.7. The number of nitro groups is 1. The molecule has 6 heteroatoms. The fourth-order valence-electron chi connectivity index (χ4n) is 1.61. The number of nitrogens with one attached hydrogen (secondary N) is 1. The van der Waals surface area contributed by atoms with Gasteiger partial charge in [-0.15, -0.1) is 0 Å². The summed E-state index contributed by atoms with van der Waals surface area (Å²) in [6.07, 6.45) is 0.703. The lowest BCUT2D eigenvalue weighted by Gasteiger charge is -2.00. The Kier molecular flexibility index (Phi) is 2.47.